The summed E-state index contributed by atoms with van der Waals surface area (Å²) in [5.74, 6) is -1.97. The van der Waals surface area contributed by atoms with Crippen molar-refractivity contribution in [2.45, 2.75) is 92.8 Å². The number of rotatable bonds is 8. The Balaban J connectivity index is 1.42. The largest absolute Gasteiger partial charge is 0.504 e. The van der Waals surface area contributed by atoms with Gasteiger partial charge in [0.25, 0.3) is 0 Å². The fourth-order valence-electron chi connectivity index (χ4n) is 8.72. The Morgan fingerprint density at radius 1 is 1.08 bits per heavy atom. The van der Waals surface area contributed by atoms with Crippen molar-refractivity contribution >= 4 is 11.9 Å². The van der Waals surface area contributed by atoms with Crippen LogP contribution in [0.15, 0.2) is 12.1 Å². The smallest absolute Gasteiger partial charge is 0.336 e. The SMILES string of the molecule is O=C(O)C(O)C(O[C@@]12CCC(N3CCCC3)C3Oc4c(O)ccc5c4[C@@]31CCN(CC1CC1)[C@@H]2C5)C(=O)O. The van der Waals surface area contributed by atoms with Crippen molar-refractivity contribution < 1.29 is 39.5 Å². The maximum Gasteiger partial charge on any atom is 0.336 e. The second kappa shape index (κ2) is 8.55. The Morgan fingerprint density at radius 3 is 2.53 bits per heavy atom. The van der Waals surface area contributed by atoms with Crippen LogP contribution in [0, 0.1) is 5.92 Å². The first-order valence-corrected chi connectivity index (χ1v) is 14.1. The number of aliphatic carboxylic acids is 2. The molecule has 3 aliphatic heterocycles. The molecule has 10 heteroatoms. The van der Waals surface area contributed by atoms with Crippen molar-refractivity contribution in [1.29, 1.82) is 0 Å². The Bertz CT molecular complexity index is 1170. The monoisotopic (exact) mass is 528 g/mol. The van der Waals surface area contributed by atoms with E-state index in [9.17, 15) is 30.0 Å². The summed E-state index contributed by atoms with van der Waals surface area (Å²) in [6.07, 6.45) is 2.60. The Labute approximate surface area is 221 Å². The van der Waals surface area contributed by atoms with Crippen LogP contribution in [0.2, 0.25) is 0 Å². The van der Waals surface area contributed by atoms with Crippen molar-refractivity contribution in [3.8, 4) is 11.5 Å². The third-order valence-corrected chi connectivity index (χ3v) is 10.4. The zero-order valence-electron chi connectivity index (χ0n) is 21.4. The fourth-order valence-corrected chi connectivity index (χ4v) is 8.72. The van der Waals surface area contributed by atoms with Gasteiger partial charge >= 0.3 is 11.9 Å². The van der Waals surface area contributed by atoms with E-state index in [-0.39, 0.29) is 23.9 Å². The number of phenolic OH excluding ortho intramolecular Hbond substituents is 1. The highest BCUT2D eigenvalue weighted by Crippen LogP contribution is 2.67. The van der Waals surface area contributed by atoms with Crippen molar-refractivity contribution in [2.75, 3.05) is 26.2 Å². The lowest BCUT2D eigenvalue weighted by atomic mass is 9.48. The molecule has 3 aliphatic carbocycles. The maximum absolute atomic E-state index is 12.4. The van der Waals surface area contributed by atoms with Crippen LogP contribution in [0.5, 0.6) is 11.5 Å². The van der Waals surface area contributed by atoms with Crippen LogP contribution in [-0.4, -0.2) is 104 Å². The molecule has 1 aromatic rings. The first kappa shape index (κ1) is 24.6. The minimum Gasteiger partial charge on any atom is -0.504 e. The minimum absolute atomic E-state index is 0.0702. The zero-order chi connectivity index (χ0) is 26.4. The lowest BCUT2D eigenvalue weighted by Gasteiger charge is -2.67. The van der Waals surface area contributed by atoms with E-state index in [0.29, 0.717) is 37.4 Å². The number of carboxylic acid groups (broad SMARTS) is 2. The highest BCUT2D eigenvalue weighted by atomic mass is 16.6. The topological polar surface area (TPSA) is 140 Å². The Hall–Kier alpha value is -2.40. The highest BCUT2D eigenvalue weighted by molar-refractivity contribution is 5.83. The van der Waals surface area contributed by atoms with Crippen molar-refractivity contribution in [2.24, 2.45) is 5.92 Å². The minimum atomic E-state index is -2.20. The van der Waals surface area contributed by atoms with E-state index in [4.69, 9.17) is 9.47 Å². The number of ether oxygens (including phenoxy) is 2. The average molecular weight is 529 g/mol. The standard InChI is InChI=1S/C28H36N2O8/c31-18-6-5-16-13-19-28(38-23(26(35)36)21(32)25(33)34)8-7-17(29-10-1-2-11-29)24-27(28,20(16)22(18)37-24)9-12-30(19)14-15-3-4-15/h5-6,15,17,19,21,23-24,31-32H,1-4,7-14H2,(H,33,34)(H,35,36)/t17?,19-,21?,23?,24?,27+,28-/m1/s1. The van der Waals surface area contributed by atoms with E-state index in [0.717, 1.165) is 50.1 Å². The second-order valence-electron chi connectivity index (χ2n) is 12.3. The van der Waals surface area contributed by atoms with Gasteiger partial charge in [-0.1, -0.05) is 6.07 Å². The molecule has 3 heterocycles. The molecule has 7 rings (SSSR count). The number of aliphatic hydroxyl groups is 1. The zero-order valence-corrected chi connectivity index (χ0v) is 21.4. The van der Waals surface area contributed by atoms with E-state index in [1.165, 1.54) is 12.8 Å². The molecule has 38 heavy (non-hydrogen) atoms. The number of likely N-dealkylation sites (tertiary alicyclic amines) is 2. The lowest BCUT2D eigenvalue weighted by Crippen LogP contribution is -2.80. The van der Waals surface area contributed by atoms with Gasteiger partial charge in [0.15, 0.2) is 23.7 Å². The number of hydrogen-bond acceptors (Lipinski definition) is 8. The highest BCUT2D eigenvalue weighted by Gasteiger charge is 2.75. The molecule has 0 radical (unpaired) electrons. The van der Waals surface area contributed by atoms with Crippen LogP contribution in [0.1, 0.15) is 56.1 Å². The van der Waals surface area contributed by atoms with E-state index >= 15 is 0 Å². The number of benzene rings is 1. The molecule has 1 aromatic carbocycles. The molecule has 0 aromatic heterocycles. The summed E-state index contributed by atoms with van der Waals surface area (Å²) >= 11 is 0. The van der Waals surface area contributed by atoms with Crippen LogP contribution in [0.4, 0.5) is 0 Å². The number of phenols is 1. The molecule has 10 nitrogen and oxygen atoms in total. The van der Waals surface area contributed by atoms with Crippen LogP contribution in [-0.2, 0) is 26.2 Å². The summed E-state index contributed by atoms with van der Waals surface area (Å²) in [5.41, 5.74) is 0.157. The third kappa shape index (κ3) is 3.26. The van der Waals surface area contributed by atoms with Gasteiger partial charge in [0, 0.05) is 24.2 Å². The molecule has 2 saturated carbocycles. The molecule has 1 spiro atoms. The average Bonchev–Trinajstić information content (AvgIpc) is 3.39. The first-order valence-electron chi connectivity index (χ1n) is 14.1. The summed E-state index contributed by atoms with van der Waals surface area (Å²) in [6, 6.07) is 3.54. The number of hydrogen-bond donors (Lipinski definition) is 4. The number of nitrogens with zero attached hydrogens (tertiary/aromatic N) is 2. The van der Waals surface area contributed by atoms with Gasteiger partial charge in [-0.15, -0.1) is 0 Å². The number of aliphatic hydroxyl groups excluding tert-OH is 1. The van der Waals surface area contributed by atoms with Crippen molar-refractivity contribution in [1.82, 2.24) is 9.80 Å². The van der Waals surface area contributed by atoms with E-state index < -0.39 is 35.2 Å². The summed E-state index contributed by atoms with van der Waals surface area (Å²) in [4.78, 5) is 29.1. The number of aromatic hydroxyl groups is 1. The molecule has 206 valence electrons. The van der Waals surface area contributed by atoms with Gasteiger partial charge in [0.1, 0.15) is 6.10 Å². The third-order valence-electron chi connectivity index (χ3n) is 10.4. The van der Waals surface area contributed by atoms with E-state index in [1.807, 2.05) is 6.07 Å². The Kier molecular flexibility index (Phi) is 5.54. The molecule has 4 unspecified atom stereocenters. The predicted octanol–water partition coefficient (Wildman–Crippen LogP) is 1.34. The maximum atomic E-state index is 12.4. The van der Waals surface area contributed by atoms with Crippen LogP contribution < -0.4 is 4.74 Å². The van der Waals surface area contributed by atoms with E-state index in [2.05, 4.69) is 9.80 Å². The summed E-state index contributed by atoms with van der Waals surface area (Å²) in [6.45, 7) is 3.63. The molecule has 7 atom stereocenters. The van der Waals surface area contributed by atoms with Gasteiger partial charge in [-0.05, 0) is 88.5 Å². The normalized spacial score (nSPS) is 37.3. The number of piperidine rings is 1. The number of carboxylic acids is 2. The van der Waals surface area contributed by atoms with Crippen LogP contribution in [0.25, 0.3) is 0 Å². The molecular weight excluding hydrogens is 492 g/mol. The lowest BCUT2D eigenvalue weighted by molar-refractivity contribution is -0.257. The van der Waals surface area contributed by atoms with Crippen LogP contribution >= 0.6 is 0 Å². The van der Waals surface area contributed by atoms with Gasteiger partial charge < -0.3 is 29.9 Å². The van der Waals surface area contributed by atoms with Gasteiger partial charge in [0.05, 0.1) is 11.0 Å². The summed E-state index contributed by atoms with van der Waals surface area (Å²) < 4.78 is 13.3. The molecule has 2 bridgehead atoms. The molecule has 4 fully saturated rings. The first-order chi connectivity index (χ1) is 18.3. The predicted molar refractivity (Wildman–Crippen MR) is 133 cm³/mol. The van der Waals surface area contributed by atoms with Gasteiger partial charge in [-0.2, -0.15) is 0 Å². The molecule has 0 amide bonds. The van der Waals surface area contributed by atoms with Crippen molar-refractivity contribution in [3.63, 3.8) is 0 Å². The van der Waals surface area contributed by atoms with Gasteiger partial charge in [-0.3, -0.25) is 9.80 Å². The van der Waals surface area contributed by atoms with E-state index in [1.54, 1.807) is 6.07 Å². The quantitative estimate of drug-likeness (QED) is 0.391. The molecule has 2 saturated heterocycles. The van der Waals surface area contributed by atoms with Gasteiger partial charge in [0.2, 0.25) is 0 Å². The van der Waals surface area contributed by atoms with Crippen molar-refractivity contribution in [3.05, 3.63) is 23.3 Å². The van der Waals surface area contributed by atoms with Gasteiger partial charge in [-0.25, -0.2) is 9.59 Å². The second-order valence-corrected chi connectivity index (χ2v) is 12.3. The molecule has 6 aliphatic rings. The fraction of sp³-hybridized carbons (Fsp3) is 0.714. The summed E-state index contributed by atoms with van der Waals surface area (Å²) in [7, 11) is 0. The molecule has 4 N–H and O–H groups in total. The summed E-state index contributed by atoms with van der Waals surface area (Å²) in [5, 5.41) is 41.1. The Morgan fingerprint density at radius 2 is 1.84 bits per heavy atom. The van der Waals surface area contributed by atoms with Crippen LogP contribution in [0.3, 0.4) is 0 Å². The molecular formula is C28H36N2O8. The number of carbonyl (C=O) groups is 2.